The number of halogens is 1. The minimum absolute atomic E-state index is 0.127. The molecule has 0 N–H and O–H groups in total. The van der Waals surface area contributed by atoms with Gasteiger partial charge in [-0.2, -0.15) is 10.4 Å². The van der Waals surface area contributed by atoms with E-state index in [-0.39, 0.29) is 5.25 Å². The van der Waals surface area contributed by atoms with E-state index in [1.165, 1.54) is 11.8 Å². The topological polar surface area (TPSA) is 39.4 Å². The van der Waals surface area contributed by atoms with Crippen molar-refractivity contribution in [3.05, 3.63) is 34.3 Å². The van der Waals surface area contributed by atoms with Crippen LogP contribution in [0.1, 0.15) is 44.9 Å². The van der Waals surface area contributed by atoms with Crippen LogP contribution in [0.3, 0.4) is 0 Å². The monoisotopic (exact) mass is 369 g/mol. The van der Waals surface area contributed by atoms with Gasteiger partial charge >= 0.3 is 0 Å². The summed E-state index contributed by atoms with van der Waals surface area (Å²) in [6.07, 6.45) is 2.66. The Balaban J connectivity index is 0.00000191. The highest BCUT2D eigenvalue weighted by atomic mass is 79.9. The Labute approximate surface area is 141 Å². The summed E-state index contributed by atoms with van der Waals surface area (Å²) in [5, 5.41) is 17.6. The molecule has 0 aliphatic carbocycles. The lowest BCUT2D eigenvalue weighted by Gasteiger charge is -2.15. The predicted octanol–water partition coefficient (Wildman–Crippen LogP) is 5.45. The van der Waals surface area contributed by atoms with Crippen molar-refractivity contribution >= 4 is 33.9 Å². The van der Waals surface area contributed by atoms with Gasteiger partial charge in [0, 0.05) is 35.4 Å². The van der Waals surface area contributed by atoms with Crippen LogP contribution in [0.2, 0.25) is 0 Å². The van der Waals surface area contributed by atoms with Gasteiger partial charge in [0.1, 0.15) is 5.40 Å². The minimum atomic E-state index is 0.127. The highest BCUT2D eigenvalue weighted by molar-refractivity contribution is 9.10. The van der Waals surface area contributed by atoms with Gasteiger partial charge in [-0.05, 0) is 43.3 Å². The van der Waals surface area contributed by atoms with E-state index in [1.807, 2.05) is 43.3 Å². The molecule has 1 aromatic rings. The van der Waals surface area contributed by atoms with Crippen molar-refractivity contribution in [3.63, 3.8) is 0 Å². The summed E-state index contributed by atoms with van der Waals surface area (Å²) in [6, 6.07) is 8.08. The molecule has 0 aromatic heterocycles. The van der Waals surface area contributed by atoms with E-state index in [0.29, 0.717) is 0 Å². The van der Waals surface area contributed by atoms with Crippen molar-refractivity contribution in [2.24, 2.45) is 5.10 Å². The fraction of sp³-hybridized carbons (Fsp3) is 0.500. The van der Waals surface area contributed by atoms with Crippen molar-refractivity contribution in [3.8, 4) is 5.40 Å². The Morgan fingerprint density at radius 3 is 2.57 bits per heavy atom. The number of thioether (sulfide) groups is 1. The molecule has 0 saturated carbocycles. The zero-order valence-corrected chi connectivity index (χ0v) is 15.6. The third-order valence-electron chi connectivity index (χ3n) is 2.71. The maximum absolute atomic E-state index is 8.91. The van der Waals surface area contributed by atoms with Gasteiger partial charge in [-0.1, -0.05) is 41.9 Å². The zero-order valence-electron chi connectivity index (χ0n) is 13.2. The molecule has 0 aliphatic rings. The molecule has 116 valence electrons. The minimum Gasteiger partial charge on any atom is -0.298 e. The van der Waals surface area contributed by atoms with Crippen LogP contribution < -0.4 is 0 Å². The first-order valence-corrected chi connectivity index (χ1v) is 8.96. The molecule has 0 bridgehead atoms. The fourth-order valence-electron chi connectivity index (χ4n) is 1.67. The molecule has 0 aliphatic heterocycles. The summed E-state index contributed by atoms with van der Waals surface area (Å²) in [5.41, 5.74) is 1.15. The molecular formula is C16H24BrN3S. The van der Waals surface area contributed by atoms with E-state index in [2.05, 4.69) is 46.3 Å². The number of nitriles is 1. The third-order valence-corrected chi connectivity index (χ3v) is 4.06. The number of nitrogens with zero attached hydrogens (tertiary/aromatic N) is 3. The summed E-state index contributed by atoms with van der Waals surface area (Å²) in [4.78, 5) is 0. The molecule has 1 aromatic carbocycles. The predicted molar refractivity (Wildman–Crippen MR) is 97.5 cm³/mol. The largest absolute Gasteiger partial charge is 0.298 e. The van der Waals surface area contributed by atoms with Crippen LogP contribution in [0.5, 0.6) is 0 Å². The second-order valence-corrected chi connectivity index (χ2v) is 5.83. The molecule has 0 saturated heterocycles. The second kappa shape index (κ2) is 12.7. The molecular weight excluding hydrogens is 346 g/mol. The van der Waals surface area contributed by atoms with E-state index < -0.39 is 0 Å². The summed E-state index contributed by atoms with van der Waals surface area (Å²) in [6.45, 7) is 9.97. The van der Waals surface area contributed by atoms with E-state index in [4.69, 9.17) is 5.26 Å². The summed E-state index contributed by atoms with van der Waals surface area (Å²) in [5.74, 6) is 0. The van der Waals surface area contributed by atoms with Gasteiger partial charge in [-0.25, -0.2) is 0 Å². The molecule has 0 amide bonds. The second-order valence-electron chi connectivity index (χ2n) is 3.93. The van der Waals surface area contributed by atoms with Crippen LogP contribution in [0.4, 0.5) is 0 Å². The number of benzene rings is 1. The Morgan fingerprint density at radius 1 is 1.38 bits per heavy atom. The van der Waals surface area contributed by atoms with Gasteiger partial charge in [0.25, 0.3) is 0 Å². The lowest BCUT2D eigenvalue weighted by atomic mass is 10.1. The number of rotatable bonds is 7. The van der Waals surface area contributed by atoms with Crippen LogP contribution >= 0.6 is 27.7 Å². The third kappa shape index (κ3) is 8.13. The lowest BCUT2D eigenvalue weighted by molar-refractivity contribution is 0.322. The first-order valence-electron chi connectivity index (χ1n) is 7.28. The van der Waals surface area contributed by atoms with Crippen LogP contribution in [-0.4, -0.2) is 24.3 Å². The average Bonchev–Trinajstić information content (AvgIpc) is 2.52. The smallest absolute Gasteiger partial charge is 0.133 e. The van der Waals surface area contributed by atoms with Gasteiger partial charge in [0.05, 0.1) is 0 Å². The fourth-order valence-corrected chi connectivity index (χ4v) is 2.68. The van der Waals surface area contributed by atoms with Crippen LogP contribution in [0.15, 0.2) is 33.8 Å². The summed E-state index contributed by atoms with van der Waals surface area (Å²) < 4.78 is 1.04. The Hall–Kier alpha value is -0.990. The Kier molecular flexibility index (Phi) is 12.1. The summed E-state index contributed by atoms with van der Waals surface area (Å²) >= 11 is 4.74. The van der Waals surface area contributed by atoms with Gasteiger partial charge in [0.15, 0.2) is 0 Å². The maximum atomic E-state index is 8.91. The SMILES string of the molecule is CC.CCN(CC)/N=C\CC(SC#N)c1cccc(Br)c1. The Morgan fingerprint density at radius 2 is 2.05 bits per heavy atom. The molecule has 1 atom stereocenters. The maximum Gasteiger partial charge on any atom is 0.133 e. The molecule has 0 fully saturated rings. The molecule has 0 spiro atoms. The van der Waals surface area contributed by atoms with Gasteiger partial charge < -0.3 is 0 Å². The quantitative estimate of drug-likeness (QED) is 0.364. The van der Waals surface area contributed by atoms with Crippen molar-refractivity contribution in [1.82, 2.24) is 5.01 Å². The molecule has 0 radical (unpaired) electrons. The number of hydrazone groups is 1. The van der Waals surface area contributed by atoms with Gasteiger partial charge in [0.2, 0.25) is 0 Å². The molecule has 1 unspecified atom stereocenters. The van der Waals surface area contributed by atoms with E-state index >= 15 is 0 Å². The van der Waals surface area contributed by atoms with Crippen LogP contribution in [0.25, 0.3) is 0 Å². The lowest BCUT2D eigenvalue weighted by Crippen LogP contribution is -2.16. The van der Waals surface area contributed by atoms with E-state index in [1.54, 1.807) is 0 Å². The molecule has 21 heavy (non-hydrogen) atoms. The standard InChI is InChI=1S/C14H18BrN3S.C2H6/c1-3-18(4-2)17-9-8-14(19-11-16)12-6-5-7-13(15)10-12;1-2/h5-7,9-10,14H,3-4,8H2,1-2H3;1-2H3/b17-9-;. The van der Waals surface area contributed by atoms with Crippen molar-refractivity contribution in [2.75, 3.05) is 13.1 Å². The number of thiocyanates is 1. The normalized spacial score (nSPS) is 11.4. The highest BCUT2D eigenvalue weighted by Gasteiger charge is 2.11. The highest BCUT2D eigenvalue weighted by Crippen LogP contribution is 2.31. The van der Waals surface area contributed by atoms with Gasteiger partial charge in [-0.15, -0.1) is 0 Å². The number of hydrogen-bond acceptors (Lipinski definition) is 4. The van der Waals surface area contributed by atoms with Crippen molar-refractivity contribution < 1.29 is 0 Å². The van der Waals surface area contributed by atoms with Gasteiger partial charge in [-0.3, -0.25) is 5.01 Å². The first kappa shape index (κ1) is 20.0. The zero-order chi connectivity index (χ0) is 16.1. The molecule has 3 nitrogen and oxygen atoms in total. The van der Waals surface area contributed by atoms with Crippen molar-refractivity contribution in [2.45, 2.75) is 39.4 Å². The molecule has 5 heteroatoms. The summed E-state index contributed by atoms with van der Waals surface area (Å²) in [7, 11) is 0. The average molecular weight is 370 g/mol. The molecule has 0 heterocycles. The van der Waals surface area contributed by atoms with Crippen LogP contribution in [-0.2, 0) is 0 Å². The van der Waals surface area contributed by atoms with Crippen LogP contribution in [0, 0.1) is 10.7 Å². The van der Waals surface area contributed by atoms with Crippen molar-refractivity contribution in [1.29, 1.82) is 5.26 Å². The number of hydrogen-bond donors (Lipinski definition) is 0. The molecule has 1 rings (SSSR count). The first-order chi connectivity index (χ1) is 10.2. The van der Waals surface area contributed by atoms with E-state index in [9.17, 15) is 0 Å². The Bertz CT molecular complexity index is 453. The van der Waals surface area contributed by atoms with E-state index in [0.717, 1.165) is 29.5 Å².